The van der Waals surface area contributed by atoms with Gasteiger partial charge in [0, 0.05) is 37.2 Å². The van der Waals surface area contributed by atoms with Crippen molar-refractivity contribution in [3.63, 3.8) is 0 Å². The smallest absolute Gasteiger partial charge is 0.342 e. The minimum Gasteiger partial charge on any atom is -0.507 e. The Morgan fingerprint density at radius 1 is 1.22 bits per heavy atom. The molecule has 8 nitrogen and oxygen atoms in total. The van der Waals surface area contributed by atoms with E-state index in [4.69, 9.17) is 16.3 Å². The van der Waals surface area contributed by atoms with Gasteiger partial charge in [0.25, 0.3) is 5.91 Å². The van der Waals surface area contributed by atoms with Gasteiger partial charge in [-0.05, 0) is 24.6 Å². The third-order valence-corrected chi connectivity index (χ3v) is 6.88. The van der Waals surface area contributed by atoms with Gasteiger partial charge in [-0.25, -0.2) is 13.2 Å². The molecule has 0 aliphatic carbocycles. The molecule has 1 unspecified atom stereocenters. The number of esters is 1. The lowest BCUT2D eigenvalue weighted by molar-refractivity contribution is -0.136. The van der Waals surface area contributed by atoms with Crippen molar-refractivity contribution in [2.75, 3.05) is 44.3 Å². The van der Waals surface area contributed by atoms with Crippen molar-refractivity contribution in [3.05, 3.63) is 28.8 Å². The highest BCUT2D eigenvalue weighted by Gasteiger charge is 2.34. The molecule has 1 N–H and O–H groups in total. The van der Waals surface area contributed by atoms with E-state index < -0.39 is 22.4 Å². The van der Waals surface area contributed by atoms with Gasteiger partial charge >= 0.3 is 5.97 Å². The maximum absolute atomic E-state index is 12.3. The van der Waals surface area contributed by atoms with Crippen molar-refractivity contribution in [1.82, 2.24) is 9.80 Å². The van der Waals surface area contributed by atoms with E-state index >= 15 is 0 Å². The highest BCUT2D eigenvalue weighted by Crippen LogP contribution is 2.23. The number of piperazine rings is 1. The third kappa shape index (κ3) is 4.91. The second-order valence-corrected chi connectivity index (χ2v) is 9.38. The summed E-state index contributed by atoms with van der Waals surface area (Å²) in [5.41, 5.74) is -0.0561. The summed E-state index contributed by atoms with van der Waals surface area (Å²) in [5, 5.41) is 10.0. The van der Waals surface area contributed by atoms with Crippen LogP contribution in [0, 0.1) is 0 Å². The minimum atomic E-state index is -2.93. The number of phenols is 1. The SMILES string of the molecule is O=C(OCC(=O)N1CCN(C2CCS(=O)(=O)C2)CC1)c1ccc(Cl)cc1O. The zero-order chi connectivity index (χ0) is 19.6. The zero-order valence-electron chi connectivity index (χ0n) is 14.6. The number of aromatic hydroxyl groups is 1. The largest absolute Gasteiger partial charge is 0.507 e. The van der Waals surface area contributed by atoms with Crippen LogP contribution >= 0.6 is 11.6 Å². The van der Waals surface area contributed by atoms with Gasteiger partial charge in [0.05, 0.1) is 11.5 Å². The highest BCUT2D eigenvalue weighted by atomic mass is 35.5. The normalized spacial score (nSPS) is 22.6. The number of nitrogens with zero attached hydrogens (tertiary/aromatic N) is 2. The Kier molecular flexibility index (Phi) is 5.92. The molecule has 1 amide bonds. The second kappa shape index (κ2) is 8.04. The standard InChI is InChI=1S/C17H21ClN2O6S/c18-12-1-2-14(15(21)9-12)17(23)26-10-16(22)20-6-4-19(5-7-20)13-3-8-27(24,25)11-13/h1-2,9,13,21H,3-8,10-11H2. The van der Waals surface area contributed by atoms with Gasteiger partial charge in [-0.15, -0.1) is 0 Å². The van der Waals surface area contributed by atoms with E-state index in [2.05, 4.69) is 4.90 Å². The van der Waals surface area contributed by atoms with Crippen molar-refractivity contribution < 1.29 is 27.9 Å². The Bertz CT molecular complexity index is 836. The molecule has 10 heteroatoms. The minimum absolute atomic E-state index is 0.0259. The number of halogens is 1. The summed E-state index contributed by atoms with van der Waals surface area (Å²) in [4.78, 5) is 27.9. The summed E-state index contributed by atoms with van der Waals surface area (Å²) in [5.74, 6) is -1.02. The summed E-state index contributed by atoms with van der Waals surface area (Å²) in [7, 11) is -2.93. The molecule has 1 aromatic rings. The number of phenolic OH excluding ortho intramolecular Hbond substituents is 1. The Morgan fingerprint density at radius 2 is 1.93 bits per heavy atom. The van der Waals surface area contributed by atoms with E-state index in [-0.39, 0.29) is 39.8 Å². The van der Waals surface area contributed by atoms with Crippen molar-refractivity contribution in [2.24, 2.45) is 0 Å². The molecule has 2 saturated heterocycles. The number of ether oxygens (including phenoxy) is 1. The van der Waals surface area contributed by atoms with E-state index in [1.54, 1.807) is 4.90 Å². The molecule has 0 bridgehead atoms. The molecular formula is C17H21ClN2O6S. The molecule has 3 rings (SSSR count). The number of carbonyl (C=O) groups is 2. The average molecular weight is 417 g/mol. The third-order valence-electron chi connectivity index (χ3n) is 4.90. The maximum atomic E-state index is 12.3. The molecule has 0 spiro atoms. The summed E-state index contributed by atoms with van der Waals surface area (Å²) < 4.78 is 28.2. The molecule has 0 radical (unpaired) electrons. The van der Waals surface area contributed by atoms with Crippen LogP contribution in [0.15, 0.2) is 18.2 Å². The summed E-state index contributed by atoms with van der Waals surface area (Å²) >= 11 is 5.71. The molecule has 2 heterocycles. The lowest BCUT2D eigenvalue weighted by atomic mass is 10.2. The number of sulfone groups is 1. The van der Waals surface area contributed by atoms with Crippen LogP contribution in [0.2, 0.25) is 5.02 Å². The topological polar surface area (TPSA) is 104 Å². The van der Waals surface area contributed by atoms with E-state index in [0.29, 0.717) is 32.6 Å². The number of rotatable bonds is 4. The molecule has 2 aliphatic rings. The molecule has 148 valence electrons. The molecule has 27 heavy (non-hydrogen) atoms. The number of benzene rings is 1. The number of hydrogen-bond acceptors (Lipinski definition) is 7. The van der Waals surface area contributed by atoms with Crippen molar-refractivity contribution in [3.8, 4) is 5.75 Å². The predicted molar refractivity (Wildman–Crippen MR) is 98.6 cm³/mol. The maximum Gasteiger partial charge on any atom is 0.342 e. The van der Waals surface area contributed by atoms with Crippen LogP contribution in [0.25, 0.3) is 0 Å². The Hall–Kier alpha value is -1.84. The van der Waals surface area contributed by atoms with E-state index in [1.807, 2.05) is 0 Å². The van der Waals surface area contributed by atoms with Gasteiger partial charge in [0.1, 0.15) is 11.3 Å². The molecule has 0 saturated carbocycles. The first kappa shape index (κ1) is 19.9. The van der Waals surface area contributed by atoms with Crippen LogP contribution < -0.4 is 0 Å². The fourth-order valence-corrected chi connectivity index (χ4v) is 5.30. The Labute approximate surface area is 162 Å². The average Bonchev–Trinajstić information content (AvgIpc) is 2.99. The number of hydrogen-bond donors (Lipinski definition) is 1. The fraction of sp³-hybridized carbons (Fsp3) is 0.529. The van der Waals surface area contributed by atoms with Crippen LogP contribution in [0.5, 0.6) is 5.75 Å². The second-order valence-electron chi connectivity index (χ2n) is 6.71. The lowest BCUT2D eigenvalue weighted by Gasteiger charge is -2.37. The van der Waals surface area contributed by atoms with E-state index in [9.17, 15) is 23.1 Å². The zero-order valence-corrected chi connectivity index (χ0v) is 16.2. The first-order valence-electron chi connectivity index (χ1n) is 8.63. The van der Waals surface area contributed by atoms with Gasteiger partial charge < -0.3 is 14.7 Å². The quantitative estimate of drug-likeness (QED) is 0.714. The van der Waals surface area contributed by atoms with Crippen molar-refractivity contribution in [2.45, 2.75) is 12.5 Å². The van der Waals surface area contributed by atoms with Gasteiger partial charge in [-0.3, -0.25) is 9.69 Å². The lowest BCUT2D eigenvalue weighted by Crippen LogP contribution is -2.53. The van der Waals surface area contributed by atoms with Crippen LogP contribution in [0.4, 0.5) is 0 Å². The van der Waals surface area contributed by atoms with E-state index in [0.717, 1.165) is 0 Å². The molecule has 1 atom stereocenters. The van der Waals surface area contributed by atoms with Crippen LogP contribution in [0.3, 0.4) is 0 Å². The fourth-order valence-electron chi connectivity index (χ4n) is 3.37. The summed E-state index contributed by atoms with van der Waals surface area (Å²) in [6, 6.07) is 4.03. The van der Waals surface area contributed by atoms with Gasteiger partial charge in [-0.1, -0.05) is 11.6 Å². The summed E-state index contributed by atoms with van der Waals surface area (Å²) in [6.45, 7) is 1.69. The first-order chi connectivity index (χ1) is 12.7. The van der Waals surface area contributed by atoms with Crippen LogP contribution in [0.1, 0.15) is 16.8 Å². The Morgan fingerprint density at radius 3 is 2.52 bits per heavy atom. The van der Waals surface area contributed by atoms with Crippen molar-refractivity contribution >= 4 is 33.3 Å². The predicted octanol–water partition coefficient (Wildman–Crippen LogP) is 0.534. The Balaban J connectivity index is 1.46. The number of amides is 1. The van der Waals surface area contributed by atoms with Crippen LogP contribution in [-0.4, -0.2) is 85.5 Å². The highest BCUT2D eigenvalue weighted by molar-refractivity contribution is 7.91. The molecule has 2 fully saturated rings. The van der Waals surface area contributed by atoms with Gasteiger partial charge in [0.15, 0.2) is 16.4 Å². The molecular weight excluding hydrogens is 396 g/mol. The number of carbonyl (C=O) groups excluding carboxylic acids is 2. The van der Waals surface area contributed by atoms with Crippen molar-refractivity contribution in [1.29, 1.82) is 0 Å². The van der Waals surface area contributed by atoms with Gasteiger partial charge in [0.2, 0.25) is 0 Å². The van der Waals surface area contributed by atoms with Crippen LogP contribution in [-0.2, 0) is 19.4 Å². The monoisotopic (exact) mass is 416 g/mol. The van der Waals surface area contributed by atoms with E-state index in [1.165, 1.54) is 18.2 Å². The first-order valence-corrected chi connectivity index (χ1v) is 10.8. The molecule has 0 aromatic heterocycles. The molecule has 2 aliphatic heterocycles. The summed E-state index contributed by atoms with van der Waals surface area (Å²) in [6.07, 6.45) is 0.637. The van der Waals surface area contributed by atoms with Gasteiger partial charge in [-0.2, -0.15) is 0 Å². The molecule has 1 aromatic carbocycles.